The lowest BCUT2D eigenvalue weighted by atomic mass is 9.92. The Balaban J connectivity index is 1.37. The van der Waals surface area contributed by atoms with Crippen LogP contribution in [0.1, 0.15) is 18.4 Å². The second-order valence-electron chi connectivity index (χ2n) is 6.83. The Hall–Kier alpha value is -2.20. The van der Waals surface area contributed by atoms with Crippen molar-refractivity contribution in [2.45, 2.75) is 29.2 Å². The molecule has 2 N–H and O–H groups in total. The van der Waals surface area contributed by atoms with Crippen LogP contribution in [-0.4, -0.2) is 37.3 Å². The third kappa shape index (κ3) is 3.83. The van der Waals surface area contributed by atoms with Crippen LogP contribution in [0.4, 0.5) is 0 Å². The van der Waals surface area contributed by atoms with Gasteiger partial charge in [-0.25, -0.2) is 8.42 Å². The van der Waals surface area contributed by atoms with Gasteiger partial charge in [0.1, 0.15) is 15.5 Å². The summed E-state index contributed by atoms with van der Waals surface area (Å²) in [6, 6.07) is 13.0. The number of thiophene rings is 1. The molecular weight excluding hydrogens is 398 g/mol. The van der Waals surface area contributed by atoms with Crippen molar-refractivity contribution in [1.82, 2.24) is 15.1 Å². The van der Waals surface area contributed by atoms with E-state index in [4.69, 9.17) is 4.84 Å². The number of sulfonamides is 1. The minimum atomic E-state index is -3.46. The third-order valence-electron chi connectivity index (χ3n) is 4.97. The molecule has 4 rings (SSSR count). The normalized spacial score (nSPS) is 19.2. The maximum Gasteiger partial charge on any atom is 0.269 e. The molecule has 0 atom stereocenters. The number of piperidine rings is 1. The summed E-state index contributed by atoms with van der Waals surface area (Å²) in [6.07, 6.45) is 2.75. The van der Waals surface area contributed by atoms with Gasteiger partial charge >= 0.3 is 0 Å². The van der Waals surface area contributed by atoms with E-state index >= 15 is 0 Å². The lowest BCUT2D eigenvalue weighted by Gasteiger charge is -2.35. The zero-order valence-electron chi connectivity index (χ0n) is 15.1. The van der Waals surface area contributed by atoms with Crippen LogP contribution in [0, 0.1) is 0 Å². The first-order chi connectivity index (χ1) is 13.5. The lowest BCUT2D eigenvalue weighted by molar-refractivity contribution is -0.120. The van der Waals surface area contributed by atoms with Gasteiger partial charge in [-0.3, -0.25) is 15.1 Å². The first-order valence-corrected chi connectivity index (χ1v) is 11.3. The van der Waals surface area contributed by atoms with E-state index in [1.807, 2.05) is 30.3 Å². The molecule has 2 aromatic rings. The van der Waals surface area contributed by atoms with Crippen LogP contribution in [0.25, 0.3) is 0 Å². The predicted molar refractivity (Wildman–Crippen MR) is 106 cm³/mol. The molecule has 1 aromatic heterocycles. The second kappa shape index (κ2) is 7.67. The molecule has 1 spiro atoms. The number of amides is 1. The smallest absolute Gasteiger partial charge is 0.269 e. The molecule has 9 heteroatoms. The molecule has 3 heterocycles. The molecular formula is C19H21N3O4S2. The minimum Gasteiger partial charge on any atom is -0.347 e. The fraction of sp³-hybridized carbons (Fsp3) is 0.316. The summed E-state index contributed by atoms with van der Waals surface area (Å²) in [4.78, 5) is 18.1. The van der Waals surface area contributed by atoms with Gasteiger partial charge in [0, 0.05) is 19.6 Å². The monoisotopic (exact) mass is 419 g/mol. The largest absolute Gasteiger partial charge is 0.347 e. The number of carbonyl (C=O) groups is 1. The molecule has 7 nitrogen and oxygen atoms in total. The Morgan fingerprint density at radius 1 is 1.18 bits per heavy atom. The van der Waals surface area contributed by atoms with Crippen molar-refractivity contribution in [1.29, 1.82) is 0 Å². The molecule has 0 bridgehead atoms. The summed E-state index contributed by atoms with van der Waals surface area (Å²) in [6.45, 7) is 1.12. The van der Waals surface area contributed by atoms with Crippen molar-refractivity contribution in [3.63, 3.8) is 0 Å². The molecule has 1 aromatic carbocycles. The number of carbonyl (C=O) groups excluding carboxylic acids is 1. The summed E-state index contributed by atoms with van der Waals surface area (Å²) in [5.74, 6) is -0.241. The highest BCUT2D eigenvalue weighted by Crippen LogP contribution is 2.34. The average molecular weight is 420 g/mol. The molecule has 148 valence electrons. The van der Waals surface area contributed by atoms with Crippen molar-refractivity contribution < 1.29 is 18.0 Å². The Kier molecular flexibility index (Phi) is 5.24. The molecule has 1 fully saturated rings. The summed E-state index contributed by atoms with van der Waals surface area (Å²) in [5.41, 5.74) is 3.44. The van der Waals surface area contributed by atoms with Crippen LogP contribution in [0.15, 0.2) is 63.8 Å². The molecule has 0 aliphatic carbocycles. The molecule has 0 unspecified atom stereocenters. The van der Waals surface area contributed by atoms with E-state index in [0.29, 0.717) is 42.4 Å². The number of benzene rings is 1. The summed E-state index contributed by atoms with van der Waals surface area (Å²) in [5, 5.41) is 4.62. The van der Waals surface area contributed by atoms with E-state index in [9.17, 15) is 13.2 Å². The second-order valence-corrected chi connectivity index (χ2v) is 9.94. The van der Waals surface area contributed by atoms with Gasteiger partial charge in [-0.15, -0.1) is 11.3 Å². The number of nitrogens with one attached hydrogen (secondary N) is 2. The first kappa shape index (κ1) is 19.1. The third-order valence-corrected chi connectivity index (χ3v) is 8.24. The Morgan fingerprint density at radius 2 is 1.93 bits per heavy atom. The van der Waals surface area contributed by atoms with Gasteiger partial charge in [0.2, 0.25) is 0 Å². The molecule has 1 saturated heterocycles. The summed E-state index contributed by atoms with van der Waals surface area (Å²) in [7, 11) is -3.46. The quantitative estimate of drug-likeness (QED) is 0.774. The standard InChI is InChI=1S/C19H21N3O4S2/c23-18(20-14-15-5-2-1-3-6-15)16-13-19(26-21-16)8-10-22(11-9-19)28(24,25)17-7-4-12-27-17/h1-7,12-13,21H,8-11,14H2,(H,20,23). The highest BCUT2D eigenvalue weighted by Gasteiger charge is 2.42. The zero-order valence-corrected chi connectivity index (χ0v) is 16.8. The lowest BCUT2D eigenvalue weighted by Crippen LogP contribution is -2.46. The number of hydrogen-bond donors (Lipinski definition) is 2. The van der Waals surface area contributed by atoms with Gasteiger partial charge in [-0.2, -0.15) is 4.31 Å². The molecule has 2 aliphatic heterocycles. The van der Waals surface area contributed by atoms with E-state index in [2.05, 4.69) is 10.8 Å². The number of rotatable bonds is 5. The summed E-state index contributed by atoms with van der Waals surface area (Å²) < 4.78 is 27.1. The molecule has 28 heavy (non-hydrogen) atoms. The van der Waals surface area contributed by atoms with Crippen LogP contribution < -0.4 is 10.8 Å². The van der Waals surface area contributed by atoms with Crippen LogP contribution >= 0.6 is 11.3 Å². The first-order valence-electron chi connectivity index (χ1n) is 9.01. The molecule has 0 saturated carbocycles. The topological polar surface area (TPSA) is 87.7 Å². The van der Waals surface area contributed by atoms with Crippen molar-refractivity contribution in [2.75, 3.05) is 13.1 Å². The van der Waals surface area contributed by atoms with Crippen LogP contribution in [-0.2, 0) is 26.2 Å². The highest BCUT2D eigenvalue weighted by molar-refractivity contribution is 7.91. The SMILES string of the molecule is O=C(NCc1ccccc1)C1=CC2(CCN(S(=O)(=O)c3cccs3)CC2)ON1. The highest BCUT2D eigenvalue weighted by atomic mass is 32.2. The van der Waals surface area contributed by atoms with Crippen molar-refractivity contribution in [3.05, 3.63) is 65.2 Å². The average Bonchev–Trinajstić information content (AvgIpc) is 3.39. The molecule has 0 radical (unpaired) electrons. The van der Waals surface area contributed by atoms with E-state index in [0.717, 1.165) is 5.56 Å². The fourth-order valence-corrected chi connectivity index (χ4v) is 5.94. The zero-order chi connectivity index (χ0) is 19.6. The maximum absolute atomic E-state index is 12.6. The van der Waals surface area contributed by atoms with Crippen LogP contribution in [0.3, 0.4) is 0 Å². The van der Waals surface area contributed by atoms with Crippen molar-refractivity contribution >= 4 is 27.3 Å². The molecule has 2 aliphatic rings. The molecule has 1 amide bonds. The van der Waals surface area contributed by atoms with Crippen LogP contribution in [0.2, 0.25) is 0 Å². The minimum absolute atomic E-state index is 0.241. The Morgan fingerprint density at radius 3 is 2.61 bits per heavy atom. The number of hydroxylamine groups is 1. The van der Waals surface area contributed by atoms with E-state index < -0.39 is 15.6 Å². The number of hydrogen-bond acceptors (Lipinski definition) is 6. The maximum atomic E-state index is 12.6. The van der Waals surface area contributed by atoms with E-state index in [1.54, 1.807) is 23.6 Å². The Labute approximate surface area is 168 Å². The van der Waals surface area contributed by atoms with Crippen molar-refractivity contribution in [3.8, 4) is 0 Å². The van der Waals surface area contributed by atoms with Crippen LogP contribution in [0.5, 0.6) is 0 Å². The van der Waals surface area contributed by atoms with Gasteiger partial charge in [0.15, 0.2) is 0 Å². The Bertz CT molecular complexity index is 964. The van der Waals surface area contributed by atoms with Gasteiger partial charge in [0.25, 0.3) is 15.9 Å². The summed E-state index contributed by atoms with van der Waals surface area (Å²) >= 11 is 1.22. The van der Waals surface area contributed by atoms with Gasteiger partial charge in [-0.1, -0.05) is 36.4 Å². The van der Waals surface area contributed by atoms with Gasteiger partial charge in [0.05, 0.1) is 0 Å². The fourth-order valence-electron chi connectivity index (χ4n) is 3.35. The van der Waals surface area contributed by atoms with E-state index in [-0.39, 0.29) is 5.91 Å². The number of nitrogens with zero attached hydrogens (tertiary/aromatic N) is 1. The van der Waals surface area contributed by atoms with E-state index in [1.165, 1.54) is 15.6 Å². The van der Waals surface area contributed by atoms with Gasteiger partial charge < -0.3 is 5.32 Å². The van der Waals surface area contributed by atoms with Crippen molar-refractivity contribution in [2.24, 2.45) is 0 Å². The van der Waals surface area contributed by atoms with Gasteiger partial charge in [-0.05, 0) is 35.9 Å². The predicted octanol–water partition coefficient (Wildman–Crippen LogP) is 2.01.